The van der Waals surface area contributed by atoms with E-state index in [1.165, 1.54) is 108 Å². The van der Waals surface area contributed by atoms with E-state index in [2.05, 4.69) is 42.2 Å². The van der Waals surface area contributed by atoms with Crippen molar-refractivity contribution in [3.05, 3.63) is 35.9 Å². The van der Waals surface area contributed by atoms with Gasteiger partial charge in [0.15, 0.2) is 0 Å². The molecule has 0 aliphatic carbocycles. The molecule has 0 bridgehead atoms. The minimum Gasteiger partial charge on any atom is -0.299 e. The highest BCUT2D eigenvalue weighted by Crippen LogP contribution is 2.22. The van der Waals surface area contributed by atoms with Crippen LogP contribution in [-0.4, -0.2) is 23.8 Å². The van der Waals surface area contributed by atoms with E-state index in [4.69, 9.17) is 0 Å². The molecule has 0 amide bonds. The normalized spacial score (nSPS) is 17.2. The van der Waals surface area contributed by atoms with Gasteiger partial charge in [-0.2, -0.15) is 0 Å². The third-order valence-corrected chi connectivity index (χ3v) is 7.26. The van der Waals surface area contributed by atoms with Gasteiger partial charge in [0.2, 0.25) is 0 Å². The van der Waals surface area contributed by atoms with Crippen LogP contribution in [0.5, 0.6) is 0 Å². The molecule has 0 saturated carbocycles. The second-order valence-corrected chi connectivity index (χ2v) is 10.2. The molecule has 0 radical (unpaired) electrons. The van der Waals surface area contributed by atoms with Gasteiger partial charge in [0.25, 0.3) is 0 Å². The zero-order valence-electron chi connectivity index (χ0n) is 21.2. The monoisotopic (exact) mass is 441 g/mol. The van der Waals surface area contributed by atoms with E-state index in [1.54, 1.807) is 0 Å². The molecule has 2 rings (SSSR count). The third-order valence-electron chi connectivity index (χ3n) is 7.26. The maximum atomic E-state index is 12.4. The summed E-state index contributed by atoms with van der Waals surface area (Å²) in [4.78, 5) is 14.8. The molecule has 1 aliphatic rings. The van der Waals surface area contributed by atoms with Gasteiger partial charge in [-0.3, -0.25) is 9.69 Å². The molecule has 2 heteroatoms. The van der Waals surface area contributed by atoms with Crippen LogP contribution in [0.1, 0.15) is 128 Å². The molecule has 32 heavy (non-hydrogen) atoms. The Kier molecular flexibility index (Phi) is 15.5. The van der Waals surface area contributed by atoms with Crippen LogP contribution in [0.25, 0.3) is 0 Å². The first-order valence-electron chi connectivity index (χ1n) is 14.1. The van der Waals surface area contributed by atoms with E-state index < -0.39 is 0 Å². The van der Waals surface area contributed by atoms with Crippen LogP contribution in [0.15, 0.2) is 30.3 Å². The fraction of sp³-hybridized carbons (Fsp3) is 0.767. The van der Waals surface area contributed by atoms with Gasteiger partial charge < -0.3 is 0 Å². The molecule has 0 N–H and O–H groups in total. The molecule has 1 unspecified atom stereocenters. The summed E-state index contributed by atoms with van der Waals surface area (Å²) in [6.45, 7) is 5.18. The van der Waals surface area contributed by atoms with Crippen LogP contribution >= 0.6 is 0 Å². The first kappa shape index (κ1) is 27.1. The minimum atomic E-state index is 0.277. The van der Waals surface area contributed by atoms with Crippen molar-refractivity contribution < 1.29 is 4.79 Å². The standard InChI is InChI=1S/C30H51NO/c1-2-3-4-5-6-7-8-9-10-11-12-13-14-15-16-20-23-29-27-31(25-24-30(29)32)26-28-21-18-17-19-22-28/h17-19,21-22,29H,2-16,20,23-27H2,1H3. The zero-order valence-corrected chi connectivity index (χ0v) is 21.2. The van der Waals surface area contributed by atoms with Crippen LogP contribution < -0.4 is 0 Å². The van der Waals surface area contributed by atoms with E-state index in [-0.39, 0.29) is 5.92 Å². The van der Waals surface area contributed by atoms with Crippen molar-refractivity contribution in [1.29, 1.82) is 0 Å². The van der Waals surface area contributed by atoms with Gasteiger partial charge in [-0.1, -0.05) is 140 Å². The number of nitrogens with zero attached hydrogens (tertiary/aromatic N) is 1. The summed E-state index contributed by atoms with van der Waals surface area (Å²) >= 11 is 0. The molecule has 1 aromatic rings. The SMILES string of the molecule is CCCCCCCCCCCCCCCCCCC1CN(Cc2ccccc2)CCC1=O. The first-order chi connectivity index (χ1) is 15.8. The number of carbonyl (C=O) groups is 1. The number of likely N-dealkylation sites (tertiary alicyclic amines) is 1. The van der Waals surface area contributed by atoms with Crippen LogP contribution in [-0.2, 0) is 11.3 Å². The number of hydrogen-bond acceptors (Lipinski definition) is 2. The molecular weight excluding hydrogens is 390 g/mol. The molecule has 1 heterocycles. The van der Waals surface area contributed by atoms with Crippen LogP contribution in [0.4, 0.5) is 0 Å². The van der Waals surface area contributed by atoms with Crippen LogP contribution in [0.2, 0.25) is 0 Å². The lowest BCUT2D eigenvalue weighted by Gasteiger charge is -2.31. The van der Waals surface area contributed by atoms with E-state index in [0.717, 1.165) is 32.5 Å². The topological polar surface area (TPSA) is 20.3 Å². The predicted octanol–water partition coefficient (Wildman–Crippen LogP) is 8.73. The molecule has 1 atom stereocenters. The Morgan fingerprint density at radius 2 is 1.22 bits per heavy atom. The second-order valence-electron chi connectivity index (χ2n) is 10.2. The second kappa shape index (κ2) is 18.3. The van der Waals surface area contributed by atoms with Gasteiger partial charge in [-0.15, -0.1) is 0 Å². The summed E-state index contributed by atoms with van der Waals surface area (Å²) in [7, 11) is 0. The van der Waals surface area contributed by atoms with E-state index in [0.29, 0.717) is 5.78 Å². The number of Topliss-reactive ketones (excluding diaryl/α,β-unsaturated/α-hetero) is 1. The maximum Gasteiger partial charge on any atom is 0.138 e. The number of carbonyl (C=O) groups excluding carboxylic acids is 1. The summed E-state index contributed by atoms with van der Waals surface area (Å²) in [5, 5.41) is 0. The highest BCUT2D eigenvalue weighted by atomic mass is 16.1. The lowest BCUT2D eigenvalue weighted by molar-refractivity contribution is -0.126. The third kappa shape index (κ3) is 12.8. The smallest absolute Gasteiger partial charge is 0.138 e. The first-order valence-corrected chi connectivity index (χ1v) is 14.1. The number of piperidine rings is 1. The van der Waals surface area contributed by atoms with Crippen molar-refractivity contribution in [2.24, 2.45) is 5.92 Å². The zero-order chi connectivity index (χ0) is 22.7. The van der Waals surface area contributed by atoms with Gasteiger partial charge in [0, 0.05) is 32.0 Å². The summed E-state index contributed by atoms with van der Waals surface area (Å²) in [5.74, 6) is 0.786. The number of benzene rings is 1. The highest BCUT2D eigenvalue weighted by Gasteiger charge is 2.26. The van der Waals surface area contributed by atoms with E-state index in [1.807, 2.05) is 0 Å². The van der Waals surface area contributed by atoms with Crippen molar-refractivity contribution in [1.82, 2.24) is 4.90 Å². The number of hydrogen-bond donors (Lipinski definition) is 0. The molecule has 1 aromatic carbocycles. The average Bonchev–Trinajstić information content (AvgIpc) is 2.81. The van der Waals surface area contributed by atoms with E-state index in [9.17, 15) is 4.79 Å². The number of ketones is 1. The number of rotatable bonds is 19. The Labute approximate surface area is 199 Å². The van der Waals surface area contributed by atoms with Gasteiger partial charge in [-0.25, -0.2) is 0 Å². The molecule has 2 nitrogen and oxygen atoms in total. The van der Waals surface area contributed by atoms with E-state index >= 15 is 0 Å². The van der Waals surface area contributed by atoms with Gasteiger partial charge in [-0.05, 0) is 12.0 Å². The Morgan fingerprint density at radius 1 is 0.719 bits per heavy atom. The summed E-state index contributed by atoms with van der Waals surface area (Å²) < 4.78 is 0. The van der Waals surface area contributed by atoms with Crippen LogP contribution in [0, 0.1) is 5.92 Å². The molecule has 1 fully saturated rings. The lowest BCUT2D eigenvalue weighted by atomic mass is 9.90. The fourth-order valence-corrected chi connectivity index (χ4v) is 5.15. The predicted molar refractivity (Wildman–Crippen MR) is 139 cm³/mol. The molecule has 1 saturated heterocycles. The summed E-state index contributed by atoms with van der Waals surface area (Å²) in [6.07, 6.45) is 24.3. The lowest BCUT2D eigenvalue weighted by Crippen LogP contribution is -2.40. The summed E-state index contributed by atoms with van der Waals surface area (Å²) in [6, 6.07) is 10.7. The highest BCUT2D eigenvalue weighted by molar-refractivity contribution is 5.82. The Hall–Kier alpha value is -1.15. The van der Waals surface area contributed by atoms with Crippen molar-refractivity contribution >= 4 is 5.78 Å². The molecule has 0 aromatic heterocycles. The quantitative estimate of drug-likeness (QED) is 0.200. The molecule has 182 valence electrons. The van der Waals surface area contributed by atoms with Crippen molar-refractivity contribution in [2.45, 2.75) is 129 Å². The molecule has 1 aliphatic heterocycles. The van der Waals surface area contributed by atoms with Gasteiger partial charge >= 0.3 is 0 Å². The van der Waals surface area contributed by atoms with Crippen molar-refractivity contribution in [2.75, 3.05) is 13.1 Å². The largest absolute Gasteiger partial charge is 0.299 e. The molecule has 0 spiro atoms. The fourth-order valence-electron chi connectivity index (χ4n) is 5.15. The summed E-state index contributed by atoms with van der Waals surface area (Å²) in [5.41, 5.74) is 1.36. The minimum absolute atomic E-state index is 0.277. The maximum absolute atomic E-state index is 12.4. The Balaban J connectivity index is 1.38. The average molecular weight is 442 g/mol. The van der Waals surface area contributed by atoms with Gasteiger partial charge in [0.05, 0.1) is 0 Å². The van der Waals surface area contributed by atoms with Crippen molar-refractivity contribution in [3.8, 4) is 0 Å². The number of unbranched alkanes of at least 4 members (excludes halogenated alkanes) is 15. The van der Waals surface area contributed by atoms with Crippen molar-refractivity contribution in [3.63, 3.8) is 0 Å². The van der Waals surface area contributed by atoms with Gasteiger partial charge in [0.1, 0.15) is 5.78 Å². The van der Waals surface area contributed by atoms with Crippen LogP contribution in [0.3, 0.4) is 0 Å². The molecular formula is C30H51NO. The Bertz CT molecular complexity index is 569. The Morgan fingerprint density at radius 3 is 1.75 bits per heavy atom.